The third kappa shape index (κ3) is 4.30. The highest BCUT2D eigenvalue weighted by Gasteiger charge is 2.29. The Hall–Kier alpha value is -1.89. The second-order valence-electron chi connectivity index (χ2n) is 5.34. The molecule has 122 valence electrons. The predicted molar refractivity (Wildman–Crippen MR) is 76.9 cm³/mol. The van der Waals surface area contributed by atoms with E-state index in [0.717, 1.165) is 13.1 Å². The summed E-state index contributed by atoms with van der Waals surface area (Å²) in [6.45, 7) is 2.47. The molecule has 0 spiro atoms. The molecular weight excluding hydrogens is 294 g/mol. The van der Waals surface area contributed by atoms with E-state index in [1.807, 2.05) is 13.8 Å². The lowest BCUT2D eigenvalue weighted by molar-refractivity contribution is -0.0499. The standard InChI is InChI=1S/C15H20F2N2O3/c1-10-7-18-8-11(2)19(10)15(20)21-9-12-4-3-5-13(6-12)22-14(16)17/h3-6,10-11,14,18H,7-9H2,1-2H3. The van der Waals surface area contributed by atoms with Crippen LogP contribution in [0, 0.1) is 0 Å². The largest absolute Gasteiger partial charge is 0.445 e. The van der Waals surface area contributed by atoms with Gasteiger partial charge in [0.1, 0.15) is 12.4 Å². The average molecular weight is 314 g/mol. The Bertz CT molecular complexity index is 503. The van der Waals surface area contributed by atoms with Gasteiger partial charge in [-0.2, -0.15) is 8.78 Å². The second kappa shape index (κ2) is 7.40. The summed E-state index contributed by atoms with van der Waals surface area (Å²) >= 11 is 0. The molecule has 1 heterocycles. The van der Waals surface area contributed by atoms with Crippen LogP contribution >= 0.6 is 0 Å². The van der Waals surface area contributed by atoms with Crippen LogP contribution < -0.4 is 10.1 Å². The number of alkyl halides is 2. The maximum Gasteiger partial charge on any atom is 0.410 e. The van der Waals surface area contributed by atoms with Gasteiger partial charge in [-0.25, -0.2) is 4.79 Å². The second-order valence-corrected chi connectivity index (χ2v) is 5.34. The quantitative estimate of drug-likeness (QED) is 0.928. The zero-order valence-corrected chi connectivity index (χ0v) is 12.6. The van der Waals surface area contributed by atoms with E-state index in [2.05, 4.69) is 10.1 Å². The molecule has 0 aromatic heterocycles. The lowest BCUT2D eigenvalue weighted by atomic mass is 10.1. The van der Waals surface area contributed by atoms with Crippen molar-refractivity contribution in [1.82, 2.24) is 10.2 Å². The maximum absolute atomic E-state index is 12.2. The molecule has 1 fully saturated rings. The van der Waals surface area contributed by atoms with E-state index in [9.17, 15) is 13.6 Å². The molecule has 0 bridgehead atoms. The Labute approximate surface area is 128 Å². The molecule has 22 heavy (non-hydrogen) atoms. The van der Waals surface area contributed by atoms with Crippen LogP contribution in [-0.4, -0.2) is 42.8 Å². The van der Waals surface area contributed by atoms with E-state index in [1.54, 1.807) is 17.0 Å². The van der Waals surface area contributed by atoms with E-state index in [-0.39, 0.29) is 24.4 Å². The molecule has 2 atom stereocenters. The van der Waals surface area contributed by atoms with Crippen molar-refractivity contribution in [2.75, 3.05) is 13.1 Å². The van der Waals surface area contributed by atoms with Gasteiger partial charge in [0.15, 0.2) is 0 Å². The van der Waals surface area contributed by atoms with Crippen LogP contribution in [0.2, 0.25) is 0 Å². The number of benzene rings is 1. The number of carbonyl (C=O) groups excluding carboxylic acids is 1. The summed E-state index contributed by atoms with van der Waals surface area (Å²) in [4.78, 5) is 13.9. The van der Waals surface area contributed by atoms with Crippen LogP contribution in [0.1, 0.15) is 19.4 Å². The summed E-state index contributed by atoms with van der Waals surface area (Å²) in [6.07, 6.45) is -0.401. The molecule has 1 aromatic carbocycles. The Morgan fingerprint density at radius 2 is 2.05 bits per heavy atom. The first-order valence-electron chi connectivity index (χ1n) is 7.17. The van der Waals surface area contributed by atoms with Crippen molar-refractivity contribution in [3.63, 3.8) is 0 Å². The molecular formula is C15H20F2N2O3. The number of amides is 1. The zero-order chi connectivity index (χ0) is 16.1. The van der Waals surface area contributed by atoms with E-state index in [0.29, 0.717) is 5.56 Å². The maximum atomic E-state index is 12.2. The minimum absolute atomic E-state index is 0.0165. The Morgan fingerprint density at radius 1 is 1.36 bits per heavy atom. The summed E-state index contributed by atoms with van der Waals surface area (Å²) in [5.41, 5.74) is 0.599. The lowest BCUT2D eigenvalue weighted by Gasteiger charge is -2.38. The Morgan fingerprint density at radius 3 is 2.68 bits per heavy atom. The van der Waals surface area contributed by atoms with Crippen LogP contribution in [0.4, 0.5) is 13.6 Å². The first kappa shape index (κ1) is 16.5. The summed E-state index contributed by atoms with van der Waals surface area (Å²) < 4.78 is 34.0. The highest BCUT2D eigenvalue weighted by Crippen LogP contribution is 2.18. The van der Waals surface area contributed by atoms with Gasteiger partial charge in [-0.1, -0.05) is 12.1 Å². The van der Waals surface area contributed by atoms with Crippen molar-refractivity contribution in [1.29, 1.82) is 0 Å². The third-order valence-electron chi connectivity index (χ3n) is 3.53. The van der Waals surface area contributed by atoms with Crippen LogP contribution in [0.3, 0.4) is 0 Å². The molecule has 1 aliphatic heterocycles. The number of carbonyl (C=O) groups is 1. The number of nitrogens with one attached hydrogen (secondary N) is 1. The van der Waals surface area contributed by atoms with Crippen molar-refractivity contribution in [2.24, 2.45) is 0 Å². The SMILES string of the molecule is CC1CNCC(C)N1C(=O)OCc1cccc(OC(F)F)c1. The highest BCUT2D eigenvalue weighted by atomic mass is 19.3. The lowest BCUT2D eigenvalue weighted by Crippen LogP contribution is -2.57. The normalized spacial score (nSPS) is 21.8. The van der Waals surface area contributed by atoms with Crippen LogP contribution in [-0.2, 0) is 11.3 Å². The fraction of sp³-hybridized carbons (Fsp3) is 0.533. The fourth-order valence-corrected chi connectivity index (χ4v) is 2.52. The number of halogens is 2. The van der Waals surface area contributed by atoms with Crippen LogP contribution in [0.15, 0.2) is 24.3 Å². The van der Waals surface area contributed by atoms with E-state index in [4.69, 9.17) is 4.74 Å². The molecule has 2 rings (SSSR count). The van der Waals surface area contributed by atoms with E-state index >= 15 is 0 Å². The summed E-state index contributed by atoms with van der Waals surface area (Å²) in [6, 6.07) is 6.23. The van der Waals surface area contributed by atoms with Crippen molar-refractivity contribution in [3.05, 3.63) is 29.8 Å². The number of hydrogen-bond acceptors (Lipinski definition) is 4. The van der Waals surface area contributed by atoms with Crippen molar-refractivity contribution >= 4 is 6.09 Å². The average Bonchev–Trinajstić information content (AvgIpc) is 2.44. The summed E-state index contributed by atoms with van der Waals surface area (Å²) in [5, 5.41) is 3.23. The van der Waals surface area contributed by atoms with Crippen LogP contribution in [0.5, 0.6) is 5.75 Å². The fourth-order valence-electron chi connectivity index (χ4n) is 2.52. The number of ether oxygens (including phenoxy) is 2. The molecule has 0 aliphatic carbocycles. The van der Waals surface area contributed by atoms with Gasteiger partial charge in [-0.05, 0) is 31.5 Å². The first-order valence-corrected chi connectivity index (χ1v) is 7.17. The van der Waals surface area contributed by atoms with E-state index < -0.39 is 12.7 Å². The Balaban J connectivity index is 1.93. The third-order valence-corrected chi connectivity index (χ3v) is 3.53. The van der Waals surface area contributed by atoms with Gasteiger partial charge in [-0.15, -0.1) is 0 Å². The number of piperazine rings is 1. The smallest absolute Gasteiger partial charge is 0.410 e. The van der Waals surface area contributed by atoms with Gasteiger partial charge in [0, 0.05) is 25.2 Å². The van der Waals surface area contributed by atoms with Crippen molar-refractivity contribution < 1.29 is 23.0 Å². The van der Waals surface area contributed by atoms with Crippen molar-refractivity contribution in [3.8, 4) is 5.75 Å². The van der Waals surface area contributed by atoms with E-state index in [1.165, 1.54) is 12.1 Å². The number of hydrogen-bond donors (Lipinski definition) is 1. The molecule has 2 unspecified atom stereocenters. The summed E-state index contributed by atoms with van der Waals surface area (Å²) in [5.74, 6) is 0.0486. The number of nitrogens with zero attached hydrogens (tertiary/aromatic N) is 1. The minimum Gasteiger partial charge on any atom is -0.445 e. The van der Waals surface area contributed by atoms with Gasteiger partial charge in [0.25, 0.3) is 0 Å². The predicted octanol–water partition coefficient (Wildman–Crippen LogP) is 2.61. The van der Waals surface area contributed by atoms with Gasteiger partial charge in [0.05, 0.1) is 0 Å². The highest BCUT2D eigenvalue weighted by molar-refractivity contribution is 5.68. The monoisotopic (exact) mass is 314 g/mol. The Kier molecular flexibility index (Phi) is 5.54. The molecule has 1 N–H and O–H groups in total. The van der Waals surface area contributed by atoms with Gasteiger partial charge in [0.2, 0.25) is 0 Å². The molecule has 1 saturated heterocycles. The van der Waals surface area contributed by atoms with Crippen LogP contribution in [0.25, 0.3) is 0 Å². The molecule has 5 nitrogen and oxygen atoms in total. The molecule has 0 radical (unpaired) electrons. The zero-order valence-electron chi connectivity index (χ0n) is 12.6. The number of rotatable bonds is 4. The molecule has 1 aromatic rings. The van der Waals surface area contributed by atoms with Gasteiger partial charge in [-0.3, -0.25) is 0 Å². The molecule has 1 amide bonds. The van der Waals surface area contributed by atoms with Gasteiger partial charge < -0.3 is 19.7 Å². The first-order chi connectivity index (χ1) is 10.5. The van der Waals surface area contributed by atoms with Crippen molar-refractivity contribution in [2.45, 2.75) is 39.1 Å². The molecule has 1 aliphatic rings. The summed E-state index contributed by atoms with van der Waals surface area (Å²) in [7, 11) is 0. The molecule has 0 saturated carbocycles. The minimum atomic E-state index is -2.87. The van der Waals surface area contributed by atoms with Gasteiger partial charge >= 0.3 is 12.7 Å². The topological polar surface area (TPSA) is 50.8 Å². The molecule has 7 heteroatoms.